The Morgan fingerprint density at radius 3 is 2.68 bits per heavy atom. The maximum atomic E-state index is 12.1. The minimum absolute atomic E-state index is 0.203. The van der Waals surface area contributed by atoms with Crippen LogP contribution >= 0.6 is 23.6 Å². The summed E-state index contributed by atoms with van der Waals surface area (Å²) >= 11 is 6.70. The second-order valence-electron chi connectivity index (χ2n) is 5.16. The molecule has 1 amide bonds. The number of nitrogens with zero attached hydrogens (tertiary/aromatic N) is 2. The molecule has 0 unspecified atom stereocenters. The Balaban J connectivity index is 2.27. The van der Waals surface area contributed by atoms with E-state index in [1.54, 1.807) is 7.05 Å². The van der Waals surface area contributed by atoms with Crippen LogP contribution in [0.4, 0.5) is 10.7 Å². The van der Waals surface area contributed by atoms with E-state index >= 15 is 0 Å². The van der Waals surface area contributed by atoms with Gasteiger partial charge >= 0.3 is 5.97 Å². The molecular weight excluding hydrogens is 362 g/mol. The fourth-order valence-corrected chi connectivity index (χ4v) is 3.90. The molecule has 0 bridgehead atoms. The SMILES string of the molecule is CCc1c(C)sc(NC(=S)Nc2cnn(C)c2C(N)=O)c1C(=O)OC. The highest BCUT2D eigenvalue weighted by atomic mass is 32.1. The zero-order valence-corrected chi connectivity index (χ0v) is 15.9. The molecule has 4 N–H and O–H groups in total. The van der Waals surface area contributed by atoms with Crippen molar-refractivity contribution in [3.05, 3.63) is 27.9 Å². The largest absolute Gasteiger partial charge is 0.465 e. The van der Waals surface area contributed by atoms with Gasteiger partial charge in [-0.25, -0.2) is 4.79 Å². The number of nitrogens with one attached hydrogen (secondary N) is 2. The number of hydrogen-bond donors (Lipinski definition) is 3. The summed E-state index contributed by atoms with van der Waals surface area (Å²) in [6.07, 6.45) is 2.15. The first-order chi connectivity index (χ1) is 11.8. The molecule has 0 saturated heterocycles. The number of aryl methyl sites for hydroxylation is 2. The number of primary amides is 1. The third-order valence-electron chi connectivity index (χ3n) is 3.60. The number of carbonyl (C=O) groups is 2. The van der Waals surface area contributed by atoms with Crippen molar-refractivity contribution in [2.24, 2.45) is 12.8 Å². The molecule has 25 heavy (non-hydrogen) atoms. The van der Waals surface area contributed by atoms with Crippen LogP contribution in [0, 0.1) is 6.92 Å². The molecular formula is C15H19N5O3S2. The van der Waals surface area contributed by atoms with E-state index in [-0.39, 0.29) is 10.8 Å². The summed E-state index contributed by atoms with van der Waals surface area (Å²) in [6.45, 7) is 3.90. The number of rotatable bonds is 5. The number of hydrogen-bond acceptors (Lipinski definition) is 6. The summed E-state index contributed by atoms with van der Waals surface area (Å²) in [4.78, 5) is 24.6. The van der Waals surface area contributed by atoms with Crippen molar-refractivity contribution < 1.29 is 14.3 Å². The minimum atomic E-state index is -0.624. The van der Waals surface area contributed by atoms with Gasteiger partial charge in [0.25, 0.3) is 5.91 Å². The molecule has 8 nitrogen and oxygen atoms in total. The third kappa shape index (κ3) is 3.80. The van der Waals surface area contributed by atoms with Gasteiger partial charge in [0, 0.05) is 11.9 Å². The Bertz CT molecular complexity index is 841. The van der Waals surface area contributed by atoms with Gasteiger partial charge in [-0.2, -0.15) is 5.10 Å². The Kier molecular flexibility index (Phi) is 5.75. The Morgan fingerprint density at radius 2 is 2.12 bits per heavy atom. The summed E-state index contributed by atoms with van der Waals surface area (Å²) < 4.78 is 6.23. The third-order valence-corrected chi connectivity index (χ3v) is 4.87. The van der Waals surface area contributed by atoms with Gasteiger partial charge in [0.15, 0.2) is 5.11 Å². The first kappa shape index (κ1) is 18.9. The number of amides is 1. The molecule has 2 heterocycles. The van der Waals surface area contributed by atoms with E-state index in [2.05, 4.69) is 15.7 Å². The summed E-state index contributed by atoms with van der Waals surface area (Å²) in [7, 11) is 2.94. The topological polar surface area (TPSA) is 111 Å². The van der Waals surface area contributed by atoms with Gasteiger partial charge in [0.05, 0.1) is 24.6 Å². The van der Waals surface area contributed by atoms with E-state index in [1.807, 2.05) is 13.8 Å². The molecule has 0 aliphatic carbocycles. The van der Waals surface area contributed by atoms with Crippen molar-refractivity contribution in [1.82, 2.24) is 9.78 Å². The van der Waals surface area contributed by atoms with Crippen LogP contribution < -0.4 is 16.4 Å². The maximum Gasteiger partial charge on any atom is 0.341 e. The maximum absolute atomic E-state index is 12.1. The molecule has 2 aromatic heterocycles. The fraction of sp³-hybridized carbons (Fsp3) is 0.333. The van der Waals surface area contributed by atoms with E-state index in [1.165, 1.54) is 29.3 Å². The molecule has 0 fully saturated rings. The molecule has 2 aromatic rings. The van der Waals surface area contributed by atoms with Crippen molar-refractivity contribution in [3.63, 3.8) is 0 Å². The number of thiocarbonyl (C=S) groups is 1. The smallest absolute Gasteiger partial charge is 0.341 e. The number of esters is 1. The molecule has 134 valence electrons. The van der Waals surface area contributed by atoms with Crippen LogP contribution in [-0.2, 0) is 18.2 Å². The van der Waals surface area contributed by atoms with Gasteiger partial charge in [-0.1, -0.05) is 6.92 Å². The number of ether oxygens (including phenoxy) is 1. The number of nitrogens with two attached hydrogens (primary N) is 1. The number of thiophene rings is 1. The number of anilines is 2. The van der Waals surface area contributed by atoms with Crippen LogP contribution in [0.1, 0.15) is 38.2 Å². The van der Waals surface area contributed by atoms with Crippen LogP contribution in [0.2, 0.25) is 0 Å². The predicted octanol–water partition coefficient (Wildman–Crippen LogP) is 2.05. The average Bonchev–Trinajstić information content (AvgIpc) is 3.05. The summed E-state index contributed by atoms with van der Waals surface area (Å²) in [5.41, 5.74) is 7.32. The Morgan fingerprint density at radius 1 is 1.44 bits per heavy atom. The number of methoxy groups -OCH3 is 1. The van der Waals surface area contributed by atoms with Gasteiger partial charge in [-0.15, -0.1) is 11.3 Å². The molecule has 0 aliphatic rings. The van der Waals surface area contributed by atoms with Crippen LogP contribution in [0.15, 0.2) is 6.20 Å². The first-order valence-electron chi connectivity index (χ1n) is 7.40. The van der Waals surface area contributed by atoms with Gasteiger partial charge in [-0.3, -0.25) is 9.48 Å². The Labute approximate surface area is 154 Å². The normalized spacial score (nSPS) is 10.4. The lowest BCUT2D eigenvalue weighted by atomic mass is 10.1. The minimum Gasteiger partial charge on any atom is -0.465 e. The molecule has 0 saturated carbocycles. The summed E-state index contributed by atoms with van der Waals surface area (Å²) in [6, 6.07) is 0. The lowest BCUT2D eigenvalue weighted by Crippen LogP contribution is -2.23. The molecule has 0 radical (unpaired) electrons. The van der Waals surface area contributed by atoms with E-state index in [4.69, 9.17) is 22.7 Å². The molecule has 0 spiro atoms. The standard InChI is InChI=1S/C15H19N5O3S2/c1-5-8-7(2)25-13(10(8)14(22)23-4)19-15(24)18-9-6-17-20(3)11(9)12(16)21/h6H,5H2,1-4H3,(H2,16,21)(H2,18,19,24). The van der Waals surface area contributed by atoms with Gasteiger partial charge in [-0.05, 0) is 31.1 Å². The lowest BCUT2D eigenvalue weighted by molar-refractivity contribution is 0.0601. The van der Waals surface area contributed by atoms with Crippen molar-refractivity contribution in [2.45, 2.75) is 20.3 Å². The van der Waals surface area contributed by atoms with Crippen molar-refractivity contribution >= 4 is 51.2 Å². The zero-order chi connectivity index (χ0) is 18.7. The highest BCUT2D eigenvalue weighted by molar-refractivity contribution is 7.80. The molecule has 0 atom stereocenters. The molecule has 0 aromatic carbocycles. The van der Waals surface area contributed by atoms with Crippen LogP contribution in [0.25, 0.3) is 0 Å². The van der Waals surface area contributed by atoms with Crippen molar-refractivity contribution in [1.29, 1.82) is 0 Å². The summed E-state index contributed by atoms with van der Waals surface area (Å²) in [5, 5.41) is 10.7. The highest BCUT2D eigenvalue weighted by Crippen LogP contribution is 2.34. The monoisotopic (exact) mass is 381 g/mol. The fourth-order valence-electron chi connectivity index (χ4n) is 2.49. The van der Waals surface area contributed by atoms with Crippen LogP contribution in [0.5, 0.6) is 0 Å². The van der Waals surface area contributed by atoms with E-state index < -0.39 is 11.9 Å². The molecule has 2 rings (SSSR count). The number of carbonyl (C=O) groups excluding carboxylic acids is 2. The Hall–Kier alpha value is -2.46. The van der Waals surface area contributed by atoms with Crippen molar-refractivity contribution in [2.75, 3.05) is 17.7 Å². The summed E-state index contributed by atoms with van der Waals surface area (Å²) in [5.74, 6) is -1.05. The highest BCUT2D eigenvalue weighted by Gasteiger charge is 2.23. The lowest BCUT2D eigenvalue weighted by Gasteiger charge is -2.11. The first-order valence-corrected chi connectivity index (χ1v) is 8.62. The van der Waals surface area contributed by atoms with Gasteiger partial charge < -0.3 is 21.1 Å². The quantitative estimate of drug-likeness (QED) is 0.537. The van der Waals surface area contributed by atoms with Gasteiger partial charge in [0.1, 0.15) is 10.7 Å². The van der Waals surface area contributed by atoms with Gasteiger partial charge in [0.2, 0.25) is 0 Å². The average molecular weight is 381 g/mol. The van der Waals surface area contributed by atoms with Crippen LogP contribution in [-0.4, -0.2) is 33.9 Å². The number of aromatic nitrogens is 2. The molecule has 10 heteroatoms. The van der Waals surface area contributed by atoms with Crippen LogP contribution in [0.3, 0.4) is 0 Å². The second kappa shape index (κ2) is 7.62. The molecule has 0 aliphatic heterocycles. The van der Waals surface area contributed by atoms with Crippen molar-refractivity contribution in [3.8, 4) is 0 Å². The van der Waals surface area contributed by atoms with E-state index in [0.717, 1.165) is 10.4 Å². The zero-order valence-electron chi connectivity index (χ0n) is 14.3. The van der Waals surface area contributed by atoms with E-state index in [0.29, 0.717) is 22.7 Å². The second-order valence-corrected chi connectivity index (χ2v) is 6.79. The van der Waals surface area contributed by atoms with E-state index in [9.17, 15) is 9.59 Å². The predicted molar refractivity (Wildman–Crippen MR) is 101 cm³/mol.